The highest BCUT2D eigenvalue weighted by Crippen LogP contribution is 2.29. The van der Waals surface area contributed by atoms with E-state index in [0.717, 1.165) is 0 Å². The van der Waals surface area contributed by atoms with Crippen molar-refractivity contribution >= 4 is 0 Å². The molecule has 16 heavy (non-hydrogen) atoms. The molecule has 0 heterocycles. The van der Waals surface area contributed by atoms with E-state index in [-0.39, 0.29) is 0 Å². The summed E-state index contributed by atoms with van der Waals surface area (Å²) in [6.07, 6.45) is -2.44. The molecule has 0 fully saturated rings. The minimum Gasteiger partial charge on any atom is -0.494 e. The molecule has 2 nitrogen and oxygen atoms in total. The third-order valence-corrected chi connectivity index (χ3v) is 2.23. The fourth-order valence-electron chi connectivity index (χ4n) is 1.58. The number of para-hydroxylation sites is 1. The lowest BCUT2D eigenvalue weighted by molar-refractivity contribution is 0.0976. The Morgan fingerprint density at radius 1 is 1.25 bits per heavy atom. The zero-order chi connectivity index (χ0) is 12.0. The predicted octanol–water partition coefficient (Wildman–Crippen LogP) is 3.00. The van der Waals surface area contributed by atoms with Crippen molar-refractivity contribution in [3.63, 3.8) is 0 Å². The largest absolute Gasteiger partial charge is 0.494 e. The Balaban J connectivity index is 2.97. The van der Waals surface area contributed by atoms with Crippen LogP contribution in [0.25, 0.3) is 0 Å². The van der Waals surface area contributed by atoms with Crippen molar-refractivity contribution < 1.29 is 13.5 Å². The molecule has 1 N–H and O–H groups in total. The molecular weight excluding hydrogens is 212 g/mol. The van der Waals surface area contributed by atoms with Crippen molar-refractivity contribution in [2.24, 2.45) is 0 Å². The number of nitrogens with one attached hydrogen (secondary N) is 1. The Morgan fingerprint density at radius 3 is 2.50 bits per heavy atom. The fourth-order valence-corrected chi connectivity index (χ4v) is 1.58. The first-order valence-electron chi connectivity index (χ1n) is 5.44. The molecule has 1 rings (SSSR count). The zero-order valence-electron chi connectivity index (χ0n) is 9.54. The van der Waals surface area contributed by atoms with Gasteiger partial charge in [-0.3, -0.25) is 0 Å². The quantitative estimate of drug-likeness (QED) is 0.809. The molecule has 0 aliphatic rings. The molecule has 1 unspecified atom stereocenters. The van der Waals surface area contributed by atoms with E-state index in [4.69, 9.17) is 4.74 Å². The summed E-state index contributed by atoms with van der Waals surface area (Å²) in [6, 6.07) is 5.94. The average Bonchev–Trinajstić information content (AvgIpc) is 2.27. The number of alkyl halides is 2. The molecule has 0 radical (unpaired) electrons. The van der Waals surface area contributed by atoms with Crippen LogP contribution in [-0.4, -0.2) is 19.6 Å². The van der Waals surface area contributed by atoms with Gasteiger partial charge in [-0.05, 0) is 19.5 Å². The molecule has 0 aromatic heterocycles. The summed E-state index contributed by atoms with van der Waals surface area (Å²) < 4.78 is 31.1. The van der Waals surface area contributed by atoms with Gasteiger partial charge in [-0.1, -0.05) is 25.1 Å². The maximum Gasteiger partial charge on any atom is 0.257 e. The van der Waals surface area contributed by atoms with E-state index in [1.165, 1.54) is 0 Å². The Morgan fingerprint density at radius 2 is 1.94 bits per heavy atom. The molecule has 0 saturated heterocycles. The van der Waals surface area contributed by atoms with E-state index in [1.807, 2.05) is 6.92 Å². The predicted molar refractivity (Wildman–Crippen MR) is 60.0 cm³/mol. The van der Waals surface area contributed by atoms with Gasteiger partial charge in [0.2, 0.25) is 0 Å². The van der Waals surface area contributed by atoms with Gasteiger partial charge in [0.1, 0.15) is 5.75 Å². The Bertz CT molecular complexity index is 318. The van der Waals surface area contributed by atoms with Crippen LogP contribution in [0.2, 0.25) is 0 Å². The van der Waals surface area contributed by atoms with E-state index < -0.39 is 12.5 Å². The summed E-state index contributed by atoms with van der Waals surface area (Å²) in [5.74, 6) is 0.524. The van der Waals surface area contributed by atoms with E-state index in [9.17, 15) is 8.78 Å². The zero-order valence-corrected chi connectivity index (χ0v) is 9.54. The summed E-state index contributed by atoms with van der Waals surface area (Å²) >= 11 is 0. The first-order valence-corrected chi connectivity index (χ1v) is 5.44. The first kappa shape index (κ1) is 12.9. The number of hydrogen-bond acceptors (Lipinski definition) is 2. The van der Waals surface area contributed by atoms with Crippen molar-refractivity contribution in [3.05, 3.63) is 29.8 Å². The standard InChI is InChI=1S/C12H17F2NO/c1-3-15-11(12(13)14)9-7-5-6-8-10(9)16-4-2/h5-8,11-12,15H,3-4H2,1-2H3. The topological polar surface area (TPSA) is 21.3 Å². The van der Waals surface area contributed by atoms with Crippen LogP contribution in [0.15, 0.2) is 24.3 Å². The summed E-state index contributed by atoms with van der Waals surface area (Å²) in [4.78, 5) is 0. The van der Waals surface area contributed by atoms with Crippen LogP contribution in [0.1, 0.15) is 25.5 Å². The van der Waals surface area contributed by atoms with Crippen LogP contribution in [0, 0.1) is 0 Å². The molecule has 1 aromatic carbocycles. The van der Waals surface area contributed by atoms with Gasteiger partial charge >= 0.3 is 0 Å². The SMILES string of the molecule is CCNC(c1ccccc1OCC)C(F)F. The fraction of sp³-hybridized carbons (Fsp3) is 0.500. The van der Waals surface area contributed by atoms with Gasteiger partial charge in [0, 0.05) is 5.56 Å². The molecular formula is C12H17F2NO. The number of rotatable bonds is 6. The number of halogens is 2. The Hall–Kier alpha value is -1.16. The highest BCUT2D eigenvalue weighted by Gasteiger charge is 2.24. The van der Waals surface area contributed by atoms with E-state index in [1.54, 1.807) is 31.2 Å². The molecule has 1 aromatic rings. The summed E-state index contributed by atoms with van der Waals surface area (Å²) in [5.41, 5.74) is 0.515. The summed E-state index contributed by atoms with van der Waals surface area (Å²) in [6.45, 7) is 4.61. The van der Waals surface area contributed by atoms with Gasteiger partial charge in [-0.15, -0.1) is 0 Å². The van der Waals surface area contributed by atoms with Crippen LogP contribution >= 0.6 is 0 Å². The molecule has 0 bridgehead atoms. The summed E-state index contributed by atoms with van der Waals surface area (Å²) in [5, 5.41) is 2.77. The second-order valence-corrected chi connectivity index (χ2v) is 3.34. The Labute approximate surface area is 94.6 Å². The second-order valence-electron chi connectivity index (χ2n) is 3.34. The third kappa shape index (κ3) is 3.17. The molecule has 90 valence electrons. The maximum absolute atomic E-state index is 12.9. The van der Waals surface area contributed by atoms with E-state index >= 15 is 0 Å². The van der Waals surface area contributed by atoms with Crippen molar-refractivity contribution in [1.29, 1.82) is 0 Å². The molecule has 0 spiro atoms. The van der Waals surface area contributed by atoms with E-state index in [2.05, 4.69) is 5.32 Å². The van der Waals surface area contributed by atoms with E-state index in [0.29, 0.717) is 24.5 Å². The van der Waals surface area contributed by atoms with Crippen molar-refractivity contribution in [1.82, 2.24) is 5.32 Å². The molecule has 0 aliphatic carbocycles. The highest BCUT2D eigenvalue weighted by atomic mass is 19.3. The minimum atomic E-state index is -2.44. The van der Waals surface area contributed by atoms with Crippen LogP contribution < -0.4 is 10.1 Å². The van der Waals surface area contributed by atoms with Gasteiger partial charge in [-0.2, -0.15) is 0 Å². The number of benzene rings is 1. The van der Waals surface area contributed by atoms with Gasteiger partial charge in [0.15, 0.2) is 0 Å². The molecule has 0 saturated carbocycles. The first-order chi connectivity index (χ1) is 7.70. The van der Waals surface area contributed by atoms with Gasteiger partial charge in [0.05, 0.1) is 12.6 Å². The number of ether oxygens (including phenoxy) is 1. The monoisotopic (exact) mass is 229 g/mol. The maximum atomic E-state index is 12.9. The normalized spacial score (nSPS) is 12.8. The van der Waals surface area contributed by atoms with Crippen LogP contribution in [0.5, 0.6) is 5.75 Å². The van der Waals surface area contributed by atoms with Crippen LogP contribution in [0.3, 0.4) is 0 Å². The van der Waals surface area contributed by atoms with Crippen molar-refractivity contribution in [2.45, 2.75) is 26.3 Å². The Kier molecular flexibility index (Phi) is 5.19. The molecule has 0 aliphatic heterocycles. The summed E-state index contributed by atoms with van der Waals surface area (Å²) in [7, 11) is 0. The molecule has 0 amide bonds. The van der Waals surface area contributed by atoms with Crippen molar-refractivity contribution in [3.8, 4) is 5.75 Å². The van der Waals surface area contributed by atoms with Crippen LogP contribution in [-0.2, 0) is 0 Å². The van der Waals surface area contributed by atoms with Crippen LogP contribution in [0.4, 0.5) is 8.78 Å². The second kappa shape index (κ2) is 6.43. The minimum absolute atomic E-state index is 0.471. The number of hydrogen-bond donors (Lipinski definition) is 1. The lowest BCUT2D eigenvalue weighted by atomic mass is 10.1. The van der Waals surface area contributed by atoms with Crippen molar-refractivity contribution in [2.75, 3.05) is 13.2 Å². The lowest BCUT2D eigenvalue weighted by Crippen LogP contribution is -2.27. The molecule has 4 heteroatoms. The van der Waals surface area contributed by atoms with Gasteiger partial charge in [-0.25, -0.2) is 8.78 Å². The van der Waals surface area contributed by atoms with Gasteiger partial charge in [0.25, 0.3) is 6.43 Å². The average molecular weight is 229 g/mol. The smallest absolute Gasteiger partial charge is 0.257 e. The highest BCUT2D eigenvalue weighted by molar-refractivity contribution is 5.36. The molecule has 1 atom stereocenters. The third-order valence-electron chi connectivity index (χ3n) is 2.23. The lowest BCUT2D eigenvalue weighted by Gasteiger charge is -2.20. The van der Waals surface area contributed by atoms with Gasteiger partial charge < -0.3 is 10.1 Å².